The highest BCUT2D eigenvalue weighted by molar-refractivity contribution is 5.79. The minimum Gasteiger partial charge on any atom is -0.497 e. The molecular formula is C20H23NO4. The molecule has 5 heteroatoms. The maximum absolute atomic E-state index is 12.6. The van der Waals surface area contributed by atoms with E-state index in [0.29, 0.717) is 19.8 Å². The van der Waals surface area contributed by atoms with Crippen molar-refractivity contribution in [2.75, 3.05) is 33.9 Å². The van der Waals surface area contributed by atoms with Crippen LogP contribution in [0.5, 0.6) is 17.2 Å². The molecule has 2 aromatic carbocycles. The molecule has 0 N–H and O–H groups in total. The van der Waals surface area contributed by atoms with Crippen molar-refractivity contribution in [2.24, 2.45) is 5.92 Å². The number of ether oxygens (including phenoxy) is 3. The first-order valence-corrected chi connectivity index (χ1v) is 8.40. The summed E-state index contributed by atoms with van der Waals surface area (Å²) in [7, 11) is 3.43. The largest absolute Gasteiger partial charge is 0.497 e. The van der Waals surface area contributed by atoms with Gasteiger partial charge < -0.3 is 19.1 Å². The van der Waals surface area contributed by atoms with Gasteiger partial charge >= 0.3 is 0 Å². The van der Waals surface area contributed by atoms with E-state index in [1.54, 1.807) is 19.1 Å². The standard InChI is InChI=1S/C20H23NO4/c1-21(11-12-24-18-9-7-17(23-2)8-10-18)20(22)16-13-15-5-3-4-6-19(15)25-14-16/h3-10,16H,11-14H2,1-2H3. The Labute approximate surface area is 148 Å². The highest BCUT2D eigenvalue weighted by Crippen LogP contribution is 2.27. The molecule has 0 aliphatic carbocycles. The van der Waals surface area contributed by atoms with Crippen LogP contribution in [0.4, 0.5) is 0 Å². The van der Waals surface area contributed by atoms with Crippen LogP contribution in [0.3, 0.4) is 0 Å². The highest BCUT2D eigenvalue weighted by atomic mass is 16.5. The maximum Gasteiger partial charge on any atom is 0.229 e. The van der Waals surface area contributed by atoms with E-state index < -0.39 is 0 Å². The average Bonchev–Trinajstić information content (AvgIpc) is 2.67. The normalized spacial score (nSPS) is 15.7. The van der Waals surface area contributed by atoms with Gasteiger partial charge in [0, 0.05) is 7.05 Å². The summed E-state index contributed by atoms with van der Waals surface area (Å²) in [6.07, 6.45) is 0.721. The zero-order valence-corrected chi connectivity index (χ0v) is 14.6. The second-order valence-corrected chi connectivity index (χ2v) is 6.10. The lowest BCUT2D eigenvalue weighted by molar-refractivity contribution is -0.135. The molecular weight excluding hydrogens is 318 g/mol. The number of methoxy groups -OCH3 is 1. The van der Waals surface area contributed by atoms with Gasteiger partial charge in [0.2, 0.25) is 5.91 Å². The van der Waals surface area contributed by atoms with Crippen LogP contribution in [0.2, 0.25) is 0 Å². The van der Waals surface area contributed by atoms with Gasteiger partial charge in [0.15, 0.2) is 0 Å². The van der Waals surface area contributed by atoms with Gasteiger partial charge in [-0.3, -0.25) is 4.79 Å². The molecule has 0 aromatic heterocycles. The van der Waals surface area contributed by atoms with Gasteiger partial charge in [0.25, 0.3) is 0 Å². The Morgan fingerprint density at radius 2 is 1.88 bits per heavy atom. The second-order valence-electron chi connectivity index (χ2n) is 6.10. The van der Waals surface area contributed by atoms with Gasteiger partial charge in [-0.1, -0.05) is 18.2 Å². The molecule has 0 fully saturated rings. The van der Waals surface area contributed by atoms with Crippen LogP contribution in [0.25, 0.3) is 0 Å². The minimum absolute atomic E-state index is 0.0906. The molecule has 0 saturated heterocycles. The molecule has 0 radical (unpaired) electrons. The summed E-state index contributed by atoms with van der Waals surface area (Å²) in [5, 5.41) is 0. The average molecular weight is 341 g/mol. The number of benzene rings is 2. The van der Waals surface area contributed by atoms with Crippen molar-refractivity contribution in [2.45, 2.75) is 6.42 Å². The predicted molar refractivity (Wildman–Crippen MR) is 95.3 cm³/mol. The Morgan fingerprint density at radius 3 is 2.64 bits per heavy atom. The zero-order valence-electron chi connectivity index (χ0n) is 14.6. The molecule has 132 valence electrons. The number of nitrogens with zero attached hydrogens (tertiary/aromatic N) is 1. The van der Waals surface area contributed by atoms with Crippen molar-refractivity contribution in [3.05, 3.63) is 54.1 Å². The third-order valence-electron chi connectivity index (χ3n) is 4.36. The number of carbonyl (C=O) groups excluding carboxylic acids is 1. The SMILES string of the molecule is COc1ccc(OCCN(C)C(=O)C2COc3ccccc3C2)cc1. The molecule has 1 amide bonds. The smallest absolute Gasteiger partial charge is 0.229 e. The fourth-order valence-corrected chi connectivity index (χ4v) is 2.88. The lowest BCUT2D eigenvalue weighted by Gasteiger charge is -2.28. The number of amides is 1. The first kappa shape index (κ1) is 17.1. The molecule has 1 unspecified atom stereocenters. The van der Waals surface area contributed by atoms with Crippen LogP contribution in [0.15, 0.2) is 48.5 Å². The fraction of sp³-hybridized carbons (Fsp3) is 0.350. The number of rotatable bonds is 6. The summed E-state index contributed by atoms with van der Waals surface area (Å²) in [5.41, 5.74) is 1.09. The lowest BCUT2D eigenvalue weighted by Crippen LogP contribution is -2.40. The lowest BCUT2D eigenvalue weighted by atomic mass is 9.95. The third-order valence-corrected chi connectivity index (χ3v) is 4.36. The first-order chi connectivity index (χ1) is 12.2. The Kier molecular flexibility index (Phi) is 5.43. The van der Waals surface area contributed by atoms with Gasteiger partial charge in [0.1, 0.15) is 30.5 Å². The van der Waals surface area contributed by atoms with Crippen LogP contribution < -0.4 is 14.2 Å². The molecule has 1 atom stereocenters. The summed E-state index contributed by atoms with van der Waals surface area (Å²) in [6, 6.07) is 15.3. The van der Waals surface area contributed by atoms with E-state index in [1.807, 2.05) is 48.5 Å². The molecule has 5 nitrogen and oxygen atoms in total. The first-order valence-electron chi connectivity index (χ1n) is 8.40. The Balaban J connectivity index is 1.48. The van der Waals surface area contributed by atoms with Crippen LogP contribution in [-0.2, 0) is 11.2 Å². The van der Waals surface area contributed by atoms with E-state index in [-0.39, 0.29) is 11.8 Å². The molecule has 1 aliphatic heterocycles. The van der Waals surface area contributed by atoms with Gasteiger partial charge in [0.05, 0.1) is 19.6 Å². The monoisotopic (exact) mass is 341 g/mol. The Bertz CT molecular complexity index is 714. The fourth-order valence-electron chi connectivity index (χ4n) is 2.88. The van der Waals surface area contributed by atoms with E-state index in [4.69, 9.17) is 14.2 Å². The third kappa shape index (κ3) is 4.24. The van der Waals surface area contributed by atoms with Crippen molar-refractivity contribution in [1.29, 1.82) is 0 Å². The summed E-state index contributed by atoms with van der Waals surface area (Å²) in [6.45, 7) is 1.40. The molecule has 1 heterocycles. The second kappa shape index (κ2) is 7.92. The highest BCUT2D eigenvalue weighted by Gasteiger charge is 2.27. The van der Waals surface area contributed by atoms with Crippen LogP contribution in [-0.4, -0.2) is 44.7 Å². The van der Waals surface area contributed by atoms with E-state index in [0.717, 1.165) is 29.2 Å². The summed E-state index contributed by atoms with van der Waals surface area (Å²) in [5.74, 6) is 2.39. The van der Waals surface area contributed by atoms with Crippen molar-refractivity contribution < 1.29 is 19.0 Å². The van der Waals surface area contributed by atoms with E-state index in [1.165, 1.54) is 0 Å². The number of hydrogen-bond acceptors (Lipinski definition) is 4. The number of likely N-dealkylation sites (N-methyl/N-ethyl adjacent to an activating group) is 1. The topological polar surface area (TPSA) is 48.0 Å². The predicted octanol–water partition coefficient (Wildman–Crippen LogP) is 2.78. The summed E-state index contributed by atoms with van der Waals surface area (Å²) >= 11 is 0. The van der Waals surface area contributed by atoms with E-state index in [9.17, 15) is 4.79 Å². The Hall–Kier alpha value is -2.69. The van der Waals surface area contributed by atoms with Crippen LogP contribution >= 0.6 is 0 Å². The van der Waals surface area contributed by atoms with Gasteiger partial charge in [-0.05, 0) is 42.3 Å². The molecule has 1 aliphatic rings. The number of hydrogen-bond donors (Lipinski definition) is 0. The zero-order chi connectivity index (χ0) is 17.6. The van der Waals surface area contributed by atoms with Gasteiger partial charge in [-0.15, -0.1) is 0 Å². The van der Waals surface area contributed by atoms with Crippen molar-refractivity contribution in [3.8, 4) is 17.2 Å². The molecule has 25 heavy (non-hydrogen) atoms. The van der Waals surface area contributed by atoms with Crippen LogP contribution in [0.1, 0.15) is 5.56 Å². The number of carbonyl (C=O) groups is 1. The molecule has 3 rings (SSSR count). The van der Waals surface area contributed by atoms with Crippen molar-refractivity contribution in [1.82, 2.24) is 4.90 Å². The van der Waals surface area contributed by atoms with Gasteiger partial charge in [-0.25, -0.2) is 0 Å². The molecule has 0 spiro atoms. The number of para-hydroxylation sites is 1. The van der Waals surface area contributed by atoms with Crippen molar-refractivity contribution >= 4 is 5.91 Å². The summed E-state index contributed by atoms with van der Waals surface area (Å²) < 4.78 is 16.5. The van der Waals surface area contributed by atoms with E-state index >= 15 is 0 Å². The maximum atomic E-state index is 12.6. The van der Waals surface area contributed by atoms with E-state index in [2.05, 4.69) is 0 Å². The van der Waals surface area contributed by atoms with Crippen molar-refractivity contribution in [3.63, 3.8) is 0 Å². The molecule has 2 aromatic rings. The quantitative estimate of drug-likeness (QED) is 0.811. The van der Waals surface area contributed by atoms with Crippen LogP contribution in [0, 0.1) is 5.92 Å². The minimum atomic E-state index is -0.138. The summed E-state index contributed by atoms with van der Waals surface area (Å²) in [4.78, 5) is 14.3. The Morgan fingerprint density at radius 1 is 1.16 bits per heavy atom. The van der Waals surface area contributed by atoms with Gasteiger partial charge in [-0.2, -0.15) is 0 Å². The molecule has 0 saturated carbocycles. The molecule has 0 bridgehead atoms. The number of fused-ring (bicyclic) bond motifs is 1.